The van der Waals surface area contributed by atoms with E-state index in [-0.39, 0.29) is 11.5 Å². The molecule has 0 fully saturated rings. The number of sulfone groups is 1. The predicted molar refractivity (Wildman–Crippen MR) is 125 cm³/mol. The van der Waals surface area contributed by atoms with Crippen LogP contribution in [0.3, 0.4) is 0 Å². The summed E-state index contributed by atoms with van der Waals surface area (Å²) < 4.78 is 31.1. The number of nitrogens with one attached hydrogen (secondary N) is 2. The number of aromatic nitrogens is 3. The third-order valence-electron chi connectivity index (χ3n) is 4.70. The van der Waals surface area contributed by atoms with Crippen molar-refractivity contribution in [2.45, 2.75) is 38.1 Å². The zero-order valence-corrected chi connectivity index (χ0v) is 20.3. The molecule has 1 atom stereocenters. The van der Waals surface area contributed by atoms with Crippen LogP contribution in [0.25, 0.3) is 16.1 Å². The predicted octanol–water partition coefficient (Wildman–Crippen LogP) is 3.17. The van der Waals surface area contributed by atoms with Crippen molar-refractivity contribution in [2.75, 3.05) is 18.2 Å². The molecule has 176 valence electrons. The van der Waals surface area contributed by atoms with Gasteiger partial charge in [0.2, 0.25) is 0 Å². The van der Waals surface area contributed by atoms with Gasteiger partial charge in [0.25, 0.3) is 0 Å². The number of hydrogen-bond donors (Lipinski definition) is 2. The van der Waals surface area contributed by atoms with E-state index in [1.165, 1.54) is 17.7 Å². The van der Waals surface area contributed by atoms with Crippen molar-refractivity contribution in [3.8, 4) is 16.1 Å². The average molecular weight is 492 g/mol. The number of nitrogens with zero attached hydrogens (tertiary/aromatic N) is 3. The van der Waals surface area contributed by atoms with Crippen molar-refractivity contribution >= 4 is 38.3 Å². The number of esters is 1. The van der Waals surface area contributed by atoms with E-state index in [1.807, 2.05) is 0 Å². The minimum absolute atomic E-state index is 0.175. The lowest BCUT2D eigenvalue weighted by atomic mass is 10.1. The highest BCUT2D eigenvalue weighted by Crippen LogP contribution is 2.35. The molecule has 0 saturated carbocycles. The summed E-state index contributed by atoms with van der Waals surface area (Å²) in [7, 11) is -3.47. The zero-order valence-electron chi connectivity index (χ0n) is 18.7. The van der Waals surface area contributed by atoms with Crippen LogP contribution in [-0.4, -0.2) is 53.9 Å². The van der Waals surface area contributed by atoms with Crippen LogP contribution < -0.4 is 10.6 Å². The number of rotatable bonds is 8. The normalized spacial score (nSPS) is 12.2. The summed E-state index contributed by atoms with van der Waals surface area (Å²) in [6.07, 6.45) is 6.30. The van der Waals surface area contributed by atoms with Crippen molar-refractivity contribution in [3.63, 3.8) is 0 Å². The Balaban J connectivity index is 1.86. The molecule has 12 heteroatoms. The summed E-state index contributed by atoms with van der Waals surface area (Å²) in [6, 6.07) is 3.67. The fourth-order valence-electron chi connectivity index (χ4n) is 3.16. The van der Waals surface area contributed by atoms with E-state index in [2.05, 4.69) is 20.6 Å². The second-order valence-electron chi connectivity index (χ2n) is 7.17. The smallest absolute Gasteiger partial charge is 0.328 e. The number of aryl methyl sites for hydroxylation is 1. The zero-order chi connectivity index (χ0) is 24.2. The van der Waals surface area contributed by atoms with Crippen molar-refractivity contribution in [3.05, 3.63) is 42.6 Å². The fraction of sp³-hybridized carbons (Fsp3) is 0.333. The van der Waals surface area contributed by atoms with Gasteiger partial charge in [0, 0.05) is 18.6 Å². The molecule has 2 amide bonds. The lowest BCUT2D eigenvalue weighted by molar-refractivity contribution is -0.145. The first-order valence-corrected chi connectivity index (χ1v) is 12.9. The molecule has 0 radical (unpaired) electrons. The number of anilines is 1. The van der Waals surface area contributed by atoms with Gasteiger partial charge in [-0.3, -0.25) is 5.32 Å². The molecule has 0 aliphatic carbocycles. The highest BCUT2D eigenvalue weighted by molar-refractivity contribution is 7.90. The number of ether oxygens (including phenoxy) is 1. The van der Waals surface area contributed by atoms with E-state index in [0.717, 1.165) is 16.7 Å². The Kier molecular flexibility index (Phi) is 7.49. The Morgan fingerprint density at radius 2 is 2.03 bits per heavy atom. The molecule has 0 spiro atoms. The first-order valence-electron chi connectivity index (χ1n) is 10.2. The van der Waals surface area contributed by atoms with Gasteiger partial charge in [0.15, 0.2) is 15.0 Å². The molecule has 0 aliphatic rings. The summed E-state index contributed by atoms with van der Waals surface area (Å²) in [5, 5.41) is 5.58. The molecule has 0 bridgehead atoms. The molecule has 1 aromatic carbocycles. The van der Waals surface area contributed by atoms with E-state index < -0.39 is 27.9 Å². The molecule has 3 aromatic rings. The first-order chi connectivity index (χ1) is 15.6. The average Bonchev–Trinajstić information content (AvgIpc) is 3.41. The monoisotopic (exact) mass is 491 g/mol. The molecule has 2 heterocycles. The van der Waals surface area contributed by atoms with Crippen LogP contribution in [0.15, 0.2) is 41.8 Å². The summed E-state index contributed by atoms with van der Waals surface area (Å²) >= 11 is 1.24. The quantitative estimate of drug-likeness (QED) is 0.463. The summed E-state index contributed by atoms with van der Waals surface area (Å²) in [5.74, 6) is -0.496. The molecule has 33 heavy (non-hydrogen) atoms. The number of benzene rings is 1. The minimum atomic E-state index is -3.47. The van der Waals surface area contributed by atoms with Gasteiger partial charge in [-0.1, -0.05) is 24.3 Å². The molecule has 0 aliphatic heterocycles. The molecular weight excluding hydrogens is 466 g/mol. The Morgan fingerprint density at radius 3 is 2.64 bits per heavy atom. The maximum Gasteiger partial charge on any atom is 0.328 e. The first kappa shape index (κ1) is 24.4. The van der Waals surface area contributed by atoms with Gasteiger partial charge in [-0.05, 0) is 38.0 Å². The Morgan fingerprint density at radius 1 is 1.27 bits per heavy atom. The second kappa shape index (κ2) is 10.1. The molecular formula is C21H25N5O5S2. The number of urea groups is 1. The van der Waals surface area contributed by atoms with Gasteiger partial charge in [-0.15, -0.1) is 0 Å². The lowest BCUT2D eigenvalue weighted by Crippen LogP contribution is -2.43. The molecule has 10 nitrogen and oxygen atoms in total. The number of imidazole rings is 1. The third-order valence-corrected chi connectivity index (χ3v) is 6.97. The van der Waals surface area contributed by atoms with Crippen molar-refractivity contribution in [1.29, 1.82) is 0 Å². The topological polar surface area (TPSA) is 132 Å². The highest BCUT2D eigenvalue weighted by Gasteiger charge is 2.22. The third kappa shape index (κ3) is 5.76. The summed E-state index contributed by atoms with van der Waals surface area (Å²) in [6.45, 7) is 5.49. The second-order valence-corrected chi connectivity index (χ2v) is 10.2. The van der Waals surface area contributed by atoms with Crippen LogP contribution in [-0.2, 0) is 19.4 Å². The molecule has 1 unspecified atom stereocenters. The SMILES string of the molecule is CCOC(=O)C(CC)NC(=O)Nc1nc(C)c(-c2ccc(S(C)(=O)=O)c(-n3ccnc3)c2)s1. The molecule has 0 saturated heterocycles. The van der Waals surface area contributed by atoms with Crippen LogP contribution in [0.2, 0.25) is 0 Å². The maximum absolute atomic E-state index is 12.4. The Hall–Kier alpha value is -3.25. The number of hydrogen-bond acceptors (Lipinski definition) is 8. The van der Waals surface area contributed by atoms with Crippen molar-refractivity contribution < 1.29 is 22.7 Å². The van der Waals surface area contributed by atoms with E-state index in [4.69, 9.17) is 4.74 Å². The van der Waals surface area contributed by atoms with Crippen LogP contribution in [0.5, 0.6) is 0 Å². The van der Waals surface area contributed by atoms with Crippen LogP contribution >= 0.6 is 11.3 Å². The van der Waals surface area contributed by atoms with Crippen molar-refractivity contribution in [2.24, 2.45) is 0 Å². The molecule has 2 aromatic heterocycles. The number of carbonyl (C=O) groups is 2. The molecule has 3 rings (SSSR count). The van der Waals surface area contributed by atoms with Gasteiger partial charge in [-0.25, -0.2) is 28.0 Å². The van der Waals surface area contributed by atoms with Gasteiger partial charge in [0.1, 0.15) is 6.04 Å². The minimum Gasteiger partial charge on any atom is -0.464 e. The van der Waals surface area contributed by atoms with Gasteiger partial charge >= 0.3 is 12.0 Å². The van der Waals surface area contributed by atoms with E-state index in [0.29, 0.717) is 22.9 Å². The Bertz CT molecular complexity index is 1250. The fourth-order valence-corrected chi connectivity index (χ4v) is 4.97. The molecule has 2 N–H and O–H groups in total. The Labute approximate surface area is 195 Å². The van der Waals surface area contributed by atoms with E-state index >= 15 is 0 Å². The van der Waals surface area contributed by atoms with Crippen LogP contribution in [0.1, 0.15) is 26.0 Å². The standard InChI is InChI=1S/C21H25N5O5S2/c1-5-15(19(27)31-6-2)24-20(28)25-21-23-13(3)18(32-21)14-7-8-17(33(4,29)30)16(11-14)26-10-9-22-12-26/h7-12,15H,5-6H2,1-4H3,(H2,23,24,25,28). The number of thiazole rings is 1. The maximum atomic E-state index is 12.4. The van der Waals surface area contributed by atoms with Crippen LogP contribution in [0, 0.1) is 6.92 Å². The number of amides is 2. The largest absolute Gasteiger partial charge is 0.464 e. The van der Waals surface area contributed by atoms with Gasteiger partial charge < -0.3 is 14.6 Å². The van der Waals surface area contributed by atoms with Crippen molar-refractivity contribution in [1.82, 2.24) is 19.9 Å². The highest BCUT2D eigenvalue weighted by atomic mass is 32.2. The van der Waals surface area contributed by atoms with Gasteiger partial charge in [-0.2, -0.15) is 0 Å². The summed E-state index contributed by atoms with van der Waals surface area (Å²) in [4.78, 5) is 33.6. The number of carbonyl (C=O) groups excluding carboxylic acids is 2. The summed E-state index contributed by atoms with van der Waals surface area (Å²) in [5.41, 5.74) is 1.87. The van der Waals surface area contributed by atoms with Crippen LogP contribution in [0.4, 0.5) is 9.93 Å². The van der Waals surface area contributed by atoms with Gasteiger partial charge in [0.05, 0.1) is 34.1 Å². The van der Waals surface area contributed by atoms with E-state index in [9.17, 15) is 18.0 Å². The van der Waals surface area contributed by atoms with E-state index in [1.54, 1.807) is 55.9 Å². The lowest BCUT2D eigenvalue weighted by Gasteiger charge is -2.15.